The molecule has 5 nitrogen and oxygen atoms in total. The topological polar surface area (TPSA) is 117 Å². The van der Waals surface area contributed by atoms with Crippen LogP contribution in [0.3, 0.4) is 0 Å². The van der Waals surface area contributed by atoms with Gasteiger partial charge in [-0.15, -0.1) is 0 Å². The molecule has 0 aliphatic carbocycles. The van der Waals surface area contributed by atoms with Crippen molar-refractivity contribution in [3.63, 3.8) is 0 Å². The van der Waals surface area contributed by atoms with Gasteiger partial charge >= 0.3 is 6.03 Å². The van der Waals surface area contributed by atoms with Crippen molar-refractivity contribution in [3.8, 4) is 12.1 Å². The molecule has 0 saturated heterocycles. The van der Waals surface area contributed by atoms with Crippen LogP contribution in [-0.2, 0) is 0 Å². The number of amides is 2. The molecule has 0 atom stereocenters. The van der Waals surface area contributed by atoms with Gasteiger partial charge in [-0.25, -0.2) is 4.79 Å². The SMILES string of the molecule is N#CC#N.NC(N)=O.[Pb]. The molecule has 4 radical (unpaired) electrons. The molecule has 0 spiro atoms. The second kappa shape index (κ2) is 15.7. The minimum absolute atomic E-state index is 0. The molecule has 4 N–H and O–H groups in total. The van der Waals surface area contributed by atoms with E-state index in [-0.39, 0.29) is 27.3 Å². The Hall–Kier alpha value is -0.828. The molecule has 0 aromatic rings. The average Bonchev–Trinajstić information content (AvgIpc) is 1.65. The number of nitriles is 2. The monoisotopic (exact) mass is 320 g/mol. The van der Waals surface area contributed by atoms with Gasteiger partial charge in [-0.1, -0.05) is 0 Å². The van der Waals surface area contributed by atoms with Crippen molar-refractivity contribution in [2.75, 3.05) is 0 Å². The number of carbonyl (C=O) groups is 1. The fourth-order valence-electron chi connectivity index (χ4n) is 0. The average molecular weight is 319 g/mol. The summed E-state index contributed by atoms with van der Waals surface area (Å²) in [5.74, 6) is 0. The second-order valence-electron chi connectivity index (χ2n) is 0.626. The zero-order chi connectivity index (χ0) is 6.99. The summed E-state index contributed by atoms with van der Waals surface area (Å²) in [6.45, 7) is 0. The summed E-state index contributed by atoms with van der Waals surface area (Å²) in [6.07, 6.45) is 0. The first-order valence-electron chi connectivity index (χ1n) is 1.48. The van der Waals surface area contributed by atoms with Gasteiger partial charge in [0.2, 0.25) is 0 Å². The predicted molar refractivity (Wildman–Crippen MR) is 30.8 cm³/mol. The van der Waals surface area contributed by atoms with Crippen LogP contribution < -0.4 is 11.5 Å². The molecule has 6 heteroatoms. The first kappa shape index (κ1) is 15.7. The molecule has 0 bridgehead atoms. The number of nitrogens with two attached hydrogens (primary N) is 2. The van der Waals surface area contributed by atoms with Crippen LogP contribution in [0.2, 0.25) is 0 Å². The van der Waals surface area contributed by atoms with Crippen LogP contribution in [0.25, 0.3) is 0 Å². The van der Waals surface area contributed by atoms with Gasteiger partial charge in [-0.3, -0.25) is 0 Å². The van der Waals surface area contributed by atoms with E-state index in [1.54, 1.807) is 0 Å². The van der Waals surface area contributed by atoms with Gasteiger partial charge in [-0.05, 0) is 0 Å². The number of rotatable bonds is 0. The minimum atomic E-state index is -0.833. The van der Waals surface area contributed by atoms with Crippen LogP contribution in [0.4, 0.5) is 4.79 Å². The number of nitrogens with zero attached hydrogens (tertiary/aromatic N) is 2. The van der Waals surface area contributed by atoms with Crippen molar-refractivity contribution in [3.05, 3.63) is 0 Å². The summed E-state index contributed by atoms with van der Waals surface area (Å²) in [5, 5.41) is 14.5. The summed E-state index contributed by atoms with van der Waals surface area (Å²) >= 11 is 0. The van der Waals surface area contributed by atoms with E-state index >= 15 is 0 Å². The Morgan fingerprint density at radius 2 is 1.33 bits per heavy atom. The number of urea groups is 1. The Labute approximate surface area is 72.4 Å². The summed E-state index contributed by atoms with van der Waals surface area (Å²) in [7, 11) is 0. The van der Waals surface area contributed by atoms with Crippen LogP contribution in [0, 0.1) is 22.7 Å². The van der Waals surface area contributed by atoms with Crippen LogP contribution >= 0.6 is 0 Å². The summed E-state index contributed by atoms with van der Waals surface area (Å²) < 4.78 is 0. The van der Waals surface area contributed by atoms with E-state index in [2.05, 4.69) is 11.5 Å². The maximum absolute atomic E-state index is 9.00. The maximum atomic E-state index is 9.00. The van der Waals surface area contributed by atoms with Gasteiger partial charge in [-0.2, -0.15) is 10.5 Å². The first-order chi connectivity index (χ1) is 3.65. The van der Waals surface area contributed by atoms with E-state index < -0.39 is 6.03 Å². The Morgan fingerprint density at radius 3 is 1.33 bits per heavy atom. The van der Waals surface area contributed by atoms with Crippen molar-refractivity contribution < 1.29 is 4.79 Å². The normalized spacial score (nSPS) is 3.78. The molecule has 0 aromatic carbocycles. The third-order valence-corrected chi connectivity index (χ3v) is 0.0500. The Balaban J connectivity index is -0.0000000720. The van der Waals surface area contributed by atoms with Crippen molar-refractivity contribution in [2.24, 2.45) is 11.5 Å². The maximum Gasteiger partial charge on any atom is 0.309 e. The number of carbonyl (C=O) groups excluding carboxylic acids is 1. The van der Waals surface area contributed by atoms with E-state index in [0.717, 1.165) is 0 Å². The molecule has 0 heterocycles. The summed E-state index contributed by atoms with van der Waals surface area (Å²) in [5.41, 5.74) is 8.50. The number of primary amides is 2. The molecule has 0 aliphatic heterocycles. The van der Waals surface area contributed by atoms with Crippen LogP contribution in [0.15, 0.2) is 0 Å². The van der Waals surface area contributed by atoms with Crippen molar-refractivity contribution in [1.82, 2.24) is 0 Å². The molecule has 46 valence electrons. The van der Waals surface area contributed by atoms with E-state index in [1.165, 1.54) is 12.1 Å². The van der Waals surface area contributed by atoms with E-state index in [9.17, 15) is 0 Å². The predicted octanol–water partition coefficient (Wildman–Crippen LogP) is -1.32. The quantitative estimate of drug-likeness (QED) is 0.539. The van der Waals surface area contributed by atoms with Gasteiger partial charge in [0.1, 0.15) is 0 Å². The van der Waals surface area contributed by atoms with E-state index in [0.29, 0.717) is 0 Å². The van der Waals surface area contributed by atoms with Crippen LogP contribution in [-0.4, -0.2) is 33.3 Å². The number of hydrogen-bond donors (Lipinski definition) is 2. The van der Waals surface area contributed by atoms with Crippen molar-refractivity contribution >= 4 is 33.3 Å². The molecule has 0 fully saturated rings. The van der Waals surface area contributed by atoms with Crippen molar-refractivity contribution in [2.45, 2.75) is 0 Å². The van der Waals surface area contributed by atoms with Crippen LogP contribution in [0.1, 0.15) is 0 Å². The minimum Gasteiger partial charge on any atom is -0.352 e. The standard InChI is InChI=1S/C2N2.CH4N2O.Pb/c3-1-2-4;2-1(3)4;/h;(H4,2,3,4);. The third-order valence-electron chi connectivity index (χ3n) is 0.0500. The van der Waals surface area contributed by atoms with Crippen LogP contribution in [0.5, 0.6) is 0 Å². The van der Waals surface area contributed by atoms with Gasteiger partial charge in [0.25, 0.3) is 0 Å². The van der Waals surface area contributed by atoms with Gasteiger partial charge in [0.05, 0.1) is 0 Å². The molecule has 0 saturated carbocycles. The molecule has 0 unspecified atom stereocenters. The van der Waals surface area contributed by atoms with Gasteiger partial charge < -0.3 is 11.5 Å². The van der Waals surface area contributed by atoms with Gasteiger partial charge in [0, 0.05) is 27.3 Å². The van der Waals surface area contributed by atoms with E-state index in [4.69, 9.17) is 15.3 Å². The zero-order valence-corrected chi connectivity index (χ0v) is 8.34. The summed E-state index contributed by atoms with van der Waals surface area (Å²) in [4.78, 5) is 9.00. The zero-order valence-electron chi connectivity index (χ0n) is 4.46. The fraction of sp³-hybridized carbons (Fsp3) is 0. The molecular weight excluding hydrogens is 315 g/mol. The van der Waals surface area contributed by atoms with Crippen molar-refractivity contribution in [1.29, 1.82) is 10.5 Å². The largest absolute Gasteiger partial charge is 0.352 e. The fourth-order valence-corrected chi connectivity index (χ4v) is 0. The Bertz CT molecular complexity index is 127. The molecule has 2 amide bonds. The second-order valence-corrected chi connectivity index (χ2v) is 0.626. The first-order valence-corrected chi connectivity index (χ1v) is 1.48. The molecular formula is C3H4N4OPb. The number of hydrogen-bond acceptors (Lipinski definition) is 3. The smallest absolute Gasteiger partial charge is 0.309 e. The Kier molecular flexibility index (Phi) is 27.4. The Morgan fingerprint density at radius 1 is 1.22 bits per heavy atom. The third kappa shape index (κ3) is 6480. The molecule has 9 heavy (non-hydrogen) atoms. The molecule has 0 aromatic heterocycles. The van der Waals surface area contributed by atoms with Gasteiger partial charge in [0.15, 0.2) is 12.1 Å². The summed E-state index contributed by atoms with van der Waals surface area (Å²) in [6, 6.07) is 1.64. The van der Waals surface area contributed by atoms with E-state index in [1.807, 2.05) is 0 Å². The molecule has 0 rings (SSSR count). The molecule has 0 aliphatic rings.